The molecule has 3 aromatic rings. The third kappa shape index (κ3) is 3.56. The maximum Gasteiger partial charge on any atom is 0.237 e. The summed E-state index contributed by atoms with van der Waals surface area (Å²) >= 11 is 7.37. The van der Waals surface area contributed by atoms with Gasteiger partial charge in [-0.15, -0.1) is 11.8 Å². The van der Waals surface area contributed by atoms with Crippen LogP contribution >= 0.6 is 23.4 Å². The molecule has 2 aromatic carbocycles. The number of thioether (sulfide) groups is 1. The molecule has 1 N–H and O–H groups in total. The highest BCUT2D eigenvalue weighted by molar-refractivity contribution is 7.98. The quantitative estimate of drug-likeness (QED) is 0.723. The Labute approximate surface area is 130 Å². The largest absolute Gasteiger partial charge is 0.508 e. The van der Waals surface area contributed by atoms with Crippen LogP contribution in [0.2, 0.25) is 5.02 Å². The first-order valence-corrected chi connectivity index (χ1v) is 7.57. The van der Waals surface area contributed by atoms with Crippen LogP contribution in [0.1, 0.15) is 5.89 Å². The second kappa shape index (κ2) is 6.20. The molecule has 0 bridgehead atoms. The van der Waals surface area contributed by atoms with Crippen molar-refractivity contribution in [3.63, 3.8) is 0 Å². The summed E-state index contributed by atoms with van der Waals surface area (Å²) in [5, 5.41) is 14.0. The number of rotatable bonds is 4. The Kier molecular flexibility index (Phi) is 4.13. The lowest BCUT2D eigenvalue weighted by molar-refractivity contribution is 0.391. The van der Waals surface area contributed by atoms with E-state index >= 15 is 0 Å². The lowest BCUT2D eigenvalue weighted by Crippen LogP contribution is -1.82. The molecule has 0 spiro atoms. The van der Waals surface area contributed by atoms with Crippen LogP contribution < -0.4 is 0 Å². The summed E-state index contributed by atoms with van der Waals surface area (Å²) in [6, 6.07) is 14.3. The van der Waals surface area contributed by atoms with Crippen molar-refractivity contribution in [1.82, 2.24) is 10.1 Å². The van der Waals surface area contributed by atoms with Crippen LogP contribution in [-0.2, 0) is 5.75 Å². The number of aromatic hydroxyl groups is 1. The van der Waals surface area contributed by atoms with Gasteiger partial charge in [-0.05, 0) is 42.5 Å². The van der Waals surface area contributed by atoms with Crippen molar-refractivity contribution >= 4 is 23.4 Å². The Morgan fingerprint density at radius 1 is 1.14 bits per heavy atom. The predicted octanol–water partition coefficient (Wildman–Crippen LogP) is 4.39. The Bertz CT molecular complexity index is 743. The van der Waals surface area contributed by atoms with E-state index < -0.39 is 0 Å². The van der Waals surface area contributed by atoms with Gasteiger partial charge in [-0.2, -0.15) is 4.98 Å². The minimum atomic E-state index is 0.243. The SMILES string of the molecule is Oc1cccc(SCc2nc(-c3ccc(Cl)cc3)no2)c1. The Morgan fingerprint density at radius 3 is 2.71 bits per heavy atom. The van der Waals surface area contributed by atoms with Gasteiger partial charge in [0.1, 0.15) is 5.75 Å². The van der Waals surface area contributed by atoms with E-state index in [-0.39, 0.29) is 5.75 Å². The number of benzene rings is 2. The minimum absolute atomic E-state index is 0.243. The standard InChI is InChI=1S/C15H11ClN2O2S/c16-11-6-4-10(5-7-11)15-17-14(20-18-15)9-21-13-3-1-2-12(19)8-13/h1-8,19H,9H2. The molecule has 1 aromatic heterocycles. The fraction of sp³-hybridized carbons (Fsp3) is 0.0667. The van der Waals surface area contributed by atoms with Gasteiger partial charge in [0, 0.05) is 15.5 Å². The van der Waals surface area contributed by atoms with Gasteiger partial charge in [0.15, 0.2) is 0 Å². The van der Waals surface area contributed by atoms with Crippen molar-refractivity contribution in [2.45, 2.75) is 10.6 Å². The molecule has 0 aliphatic rings. The van der Waals surface area contributed by atoms with Gasteiger partial charge in [0.05, 0.1) is 5.75 Å². The molecule has 6 heteroatoms. The summed E-state index contributed by atoms with van der Waals surface area (Å²) < 4.78 is 5.22. The average Bonchev–Trinajstić information content (AvgIpc) is 2.95. The molecule has 1 heterocycles. The van der Waals surface area contributed by atoms with E-state index in [4.69, 9.17) is 16.1 Å². The highest BCUT2D eigenvalue weighted by Gasteiger charge is 2.09. The second-order valence-corrected chi connectivity index (χ2v) is 5.79. The van der Waals surface area contributed by atoms with Crippen LogP contribution in [0.3, 0.4) is 0 Å². The molecular weight excluding hydrogens is 308 g/mol. The lowest BCUT2D eigenvalue weighted by atomic mass is 10.2. The van der Waals surface area contributed by atoms with E-state index in [1.54, 1.807) is 30.3 Å². The van der Waals surface area contributed by atoms with Crippen molar-refractivity contribution in [3.8, 4) is 17.1 Å². The summed E-state index contributed by atoms with van der Waals surface area (Å²) in [7, 11) is 0. The Hall–Kier alpha value is -1.98. The number of halogens is 1. The number of phenols is 1. The molecule has 0 aliphatic carbocycles. The fourth-order valence-corrected chi connectivity index (χ4v) is 2.66. The summed E-state index contributed by atoms with van der Waals surface area (Å²) in [4.78, 5) is 5.29. The van der Waals surface area contributed by atoms with Crippen molar-refractivity contribution in [3.05, 3.63) is 59.4 Å². The van der Waals surface area contributed by atoms with Gasteiger partial charge in [0.25, 0.3) is 0 Å². The molecule has 106 valence electrons. The molecule has 21 heavy (non-hydrogen) atoms. The average molecular weight is 319 g/mol. The van der Waals surface area contributed by atoms with Gasteiger partial charge in [-0.25, -0.2) is 0 Å². The van der Waals surface area contributed by atoms with Gasteiger partial charge in [0.2, 0.25) is 11.7 Å². The van der Waals surface area contributed by atoms with Gasteiger partial charge in [-0.1, -0.05) is 22.8 Å². The predicted molar refractivity (Wildman–Crippen MR) is 82.4 cm³/mol. The number of hydrogen-bond acceptors (Lipinski definition) is 5. The summed E-state index contributed by atoms with van der Waals surface area (Å²) in [5.41, 5.74) is 0.858. The molecular formula is C15H11ClN2O2S. The van der Waals surface area contributed by atoms with Crippen LogP contribution in [0, 0.1) is 0 Å². The summed E-state index contributed by atoms with van der Waals surface area (Å²) in [5.74, 6) is 1.86. The molecule has 0 saturated heterocycles. The molecule has 0 radical (unpaired) electrons. The van der Waals surface area contributed by atoms with Crippen molar-refractivity contribution in [2.24, 2.45) is 0 Å². The molecule has 0 fully saturated rings. The maximum absolute atomic E-state index is 9.41. The van der Waals surface area contributed by atoms with Gasteiger partial charge < -0.3 is 9.63 Å². The summed E-state index contributed by atoms with van der Waals surface area (Å²) in [6.45, 7) is 0. The van der Waals surface area contributed by atoms with Crippen molar-refractivity contribution in [1.29, 1.82) is 0 Å². The van der Waals surface area contributed by atoms with Crippen LogP contribution in [0.4, 0.5) is 0 Å². The van der Waals surface area contributed by atoms with Crippen LogP contribution in [0.25, 0.3) is 11.4 Å². The molecule has 0 unspecified atom stereocenters. The topological polar surface area (TPSA) is 59.2 Å². The van der Waals surface area contributed by atoms with E-state index in [1.807, 2.05) is 18.2 Å². The maximum atomic E-state index is 9.41. The fourth-order valence-electron chi connectivity index (χ4n) is 1.75. The first-order valence-electron chi connectivity index (χ1n) is 6.21. The monoisotopic (exact) mass is 318 g/mol. The molecule has 0 amide bonds. The third-order valence-corrected chi connectivity index (χ3v) is 3.98. The third-order valence-electron chi connectivity index (χ3n) is 2.75. The normalized spacial score (nSPS) is 10.7. The highest BCUT2D eigenvalue weighted by Crippen LogP contribution is 2.26. The number of phenolic OH excluding ortho intramolecular Hbond substituents is 1. The number of nitrogens with zero attached hydrogens (tertiary/aromatic N) is 2. The van der Waals surface area contributed by atoms with Crippen LogP contribution in [0.15, 0.2) is 57.9 Å². The zero-order chi connectivity index (χ0) is 14.7. The van der Waals surface area contributed by atoms with E-state index in [0.717, 1.165) is 10.5 Å². The molecule has 3 rings (SSSR count). The highest BCUT2D eigenvalue weighted by atomic mass is 35.5. The molecule has 0 aliphatic heterocycles. The zero-order valence-electron chi connectivity index (χ0n) is 10.9. The van der Waals surface area contributed by atoms with Crippen LogP contribution in [-0.4, -0.2) is 15.2 Å². The first kappa shape index (κ1) is 14.0. The molecule has 0 atom stereocenters. The number of aromatic nitrogens is 2. The second-order valence-electron chi connectivity index (χ2n) is 4.30. The smallest absolute Gasteiger partial charge is 0.237 e. The van der Waals surface area contributed by atoms with Crippen molar-refractivity contribution < 1.29 is 9.63 Å². The van der Waals surface area contributed by atoms with Gasteiger partial charge >= 0.3 is 0 Å². The van der Waals surface area contributed by atoms with E-state index in [0.29, 0.717) is 22.5 Å². The molecule has 4 nitrogen and oxygen atoms in total. The number of hydrogen-bond donors (Lipinski definition) is 1. The van der Waals surface area contributed by atoms with E-state index in [9.17, 15) is 5.11 Å². The van der Waals surface area contributed by atoms with Crippen molar-refractivity contribution in [2.75, 3.05) is 0 Å². The minimum Gasteiger partial charge on any atom is -0.508 e. The summed E-state index contributed by atoms with van der Waals surface area (Å²) in [6.07, 6.45) is 0. The van der Waals surface area contributed by atoms with E-state index in [2.05, 4.69) is 10.1 Å². The van der Waals surface area contributed by atoms with E-state index in [1.165, 1.54) is 11.8 Å². The molecule has 0 saturated carbocycles. The van der Waals surface area contributed by atoms with Gasteiger partial charge in [-0.3, -0.25) is 0 Å². The zero-order valence-corrected chi connectivity index (χ0v) is 12.4. The Balaban J connectivity index is 1.69. The lowest BCUT2D eigenvalue weighted by Gasteiger charge is -1.98. The van der Waals surface area contributed by atoms with Crippen LogP contribution in [0.5, 0.6) is 5.75 Å². The first-order chi connectivity index (χ1) is 10.2. The Morgan fingerprint density at radius 2 is 1.95 bits per heavy atom.